The molecule has 1 aromatic carbocycles. The van der Waals surface area contributed by atoms with Crippen LogP contribution < -0.4 is 21.7 Å². The Morgan fingerprint density at radius 3 is 2.81 bits per heavy atom. The Bertz CT molecular complexity index is 454. The van der Waals surface area contributed by atoms with Crippen LogP contribution in [0, 0.1) is 0 Å². The van der Waals surface area contributed by atoms with E-state index in [0.717, 1.165) is 12.2 Å². The summed E-state index contributed by atoms with van der Waals surface area (Å²) in [4.78, 5) is 3.21. The normalized spacial score (nSPS) is 9.62. The average Bonchev–Trinajstić information content (AvgIpc) is 2.65. The Kier molecular flexibility index (Phi) is 4.38. The van der Waals surface area contributed by atoms with Gasteiger partial charge in [0, 0.05) is 0 Å². The van der Waals surface area contributed by atoms with E-state index in [2.05, 4.69) is 21.7 Å². The number of rotatable bonds is 3. The lowest BCUT2D eigenvalue weighted by Gasteiger charge is -2.01. The maximum Gasteiger partial charge on any atom is 0.258 e. The van der Waals surface area contributed by atoms with Gasteiger partial charge in [-0.25, -0.2) is 9.55 Å². The molecule has 0 fully saturated rings. The smallest absolute Gasteiger partial charge is 0.258 e. The third-order valence-corrected chi connectivity index (χ3v) is 2.48. The van der Waals surface area contributed by atoms with E-state index in [1.54, 1.807) is 7.11 Å². The van der Waals surface area contributed by atoms with Gasteiger partial charge in [0.25, 0.3) is 5.82 Å². The van der Waals surface area contributed by atoms with Crippen LogP contribution in [0.25, 0.3) is 0 Å². The zero-order valence-corrected chi connectivity index (χ0v) is 10.2. The number of nitrogens with one attached hydrogen (secondary N) is 1. The Hall–Kier alpha value is -1.48. The van der Waals surface area contributed by atoms with Gasteiger partial charge in [-0.05, 0) is 17.7 Å². The van der Waals surface area contributed by atoms with Crippen molar-refractivity contribution in [1.29, 1.82) is 0 Å². The molecule has 3 nitrogen and oxygen atoms in total. The van der Waals surface area contributed by atoms with E-state index in [4.69, 9.17) is 4.74 Å². The van der Waals surface area contributed by atoms with Gasteiger partial charge in [0.1, 0.15) is 18.1 Å². The quantitative estimate of drug-likeness (QED) is 0.645. The van der Waals surface area contributed by atoms with Crippen molar-refractivity contribution in [2.24, 2.45) is 7.05 Å². The predicted molar refractivity (Wildman–Crippen MR) is 57.8 cm³/mol. The SMILES string of the molecule is COc1cccc(Cc2[nH]cc[n+]2C)c1.[Cl-]. The fourth-order valence-corrected chi connectivity index (χ4v) is 1.59. The van der Waals surface area contributed by atoms with Crippen molar-refractivity contribution < 1.29 is 21.7 Å². The highest BCUT2D eigenvalue weighted by atomic mass is 35.5. The van der Waals surface area contributed by atoms with Crippen molar-refractivity contribution in [2.45, 2.75) is 6.42 Å². The first-order valence-electron chi connectivity index (χ1n) is 4.94. The number of halogens is 1. The molecule has 86 valence electrons. The summed E-state index contributed by atoms with van der Waals surface area (Å²) < 4.78 is 7.27. The second-order valence-corrected chi connectivity index (χ2v) is 3.55. The maximum absolute atomic E-state index is 5.19. The van der Waals surface area contributed by atoms with Gasteiger partial charge in [0.05, 0.1) is 20.6 Å². The summed E-state index contributed by atoms with van der Waals surface area (Å²) in [6.45, 7) is 0. The molecule has 2 aromatic rings. The number of nitrogens with zero attached hydrogens (tertiary/aromatic N) is 1. The van der Waals surface area contributed by atoms with Crippen molar-refractivity contribution in [3.63, 3.8) is 0 Å². The molecule has 0 atom stereocenters. The maximum atomic E-state index is 5.19. The summed E-state index contributed by atoms with van der Waals surface area (Å²) in [5.74, 6) is 2.09. The molecule has 0 saturated heterocycles. The molecule has 0 spiro atoms. The molecule has 0 saturated carbocycles. The summed E-state index contributed by atoms with van der Waals surface area (Å²) in [7, 11) is 3.72. The van der Waals surface area contributed by atoms with Crippen molar-refractivity contribution in [2.75, 3.05) is 7.11 Å². The summed E-state index contributed by atoms with van der Waals surface area (Å²) in [5, 5.41) is 0. The number of aromatic nitrogens is 2. The van der Waals surface area contributed by atoms with Gasteiger partial charge in [0.15, 0.2) is 0 Å². The Morgan fingerprint density at radius 2 is 2.19 bits per heavy atom. The molecule has 0 unspecified atom stereocenters. The highest BCUT2D eigenvalue weighted by molar-refractivity contribution is 5.29. The Morgan fingerprint density at radius 1 is 1.38 bits per heavy atom. The summed E-state index contributed by atoms with van der Waals surface area (Å²) in [6, 6.07) is 8.12. The monoisotopic (exact) mass is 238 g/mol. The van der Waals surface area contributed by atoms with E-state index < -0.39 is 0 Å². The standard InChI is InChI=1S/C12H14N2O.ClH/c1-14-7-6-13-12(14)9-10-4-3-5-11(8-10)15-2;/h3-8H,9H2,1-2H3;1H. The molecule has 4 heteroatoms. The summed E-state index contributed by atoms with van der Waals surface area (Å²) in [5.41, 5.74) is 1.24. The van der Waals surface area contributed by atoms with Crippen molar-refractivity contribution in [1.82, 2.24) is 4.98 Å². The van der Waals surface area contributed by atoms with Crippen molar-refractivity contribution in [3.05, 3.63) is 48.0 Å². The lowest BCUT2D eigenvalue weighted by molar-refractivity contribution is -0.677. The molecular weight excluding hydrogens is 224 g/mol. The van der Waals surface area contributed by atoms with Crippen LogP contribution in [0.3, 0.4) is 0 Å². The van der Waals surface area contributed by atoms with Gasteiger partial charge in [-0.1, -0.05) is 12.1 Å². The van der Waals surface area contributed by atoms with Crippen LogP contribution in [0.5, 0.6) is 5.75 Å². The first-order valence-corrected chi connectivity index (χ1v) is 4.94. The molecule has 0 amide bonds. The van der Waals surface area contributed by atoms with Crippen LogP contribution in [-0.2, 0) is 13.5 Å². The molecule has 0 radical (unpaired) electrons. The third kappa shape index (κ3) is 2.76. The number of methoxy groups -OCH3 is 1. The van der Waals surface area contributed by atoms with E-state index in [1.165, 1.54) is 11.4 Å². The fraction of sp³-hybridized carbons (Fsp3) is 0.250. The topological polar surface area (TPSA) is 28.9 Å². The number of H-pyrrole nitrogens is 1. The minimum atomic E-state index is 0. The van der Waals surface area contributed by atoms with E-state index in [1.807, 2.05) is 31.6 Å². The molecule has 1 N–H and O–H groups in total. The van der Waals surface area contributed by atoms with Crippen LogP contribution >= 0.6 is 0 Å². The van der Waals surface area contributed by atoms with Crippen LogP contribution in [-0.4, -0.2) is 12.1 Å². The largest absolute Gasteiger partial charge is 1.00 e. The number of aromatic amines is 1. The van der Waals surface area contributed by atoms with Crippen LogP contribution in [0.2, 0.25) is 0 Å². The van der Waals surface area contributed by atoms with Crippen LogP contribution in [0.15, 0.2) is 36.7 Å². The molecule has 0 aliphatic heterocycles. The first kappa shape index (κ1) is 12.6. The predicted octanol–water partition coefficient (Wildman–Crippen LogP) is -1.56. The van der Waals surface area contributed by atoms with Crippen molar-refractivity contribution in [3.8, 4) is 5.75 Å². The third-order valence-electron chi connectivity index (χ3n) is 2.48. The van der Waals surface area contributed by atoms with Crippen LogP contribution in [0.1, 0.15) is 11.4 Å². The molecule has 16 heavy (non-hydrogen) atoms. The minimum absolute atomic E-state index is 0. The van der Waals surface area contributed by atoms with Gasteiger partial charge in [-0.3, -0.25) is 0 Å². The zero-order chi connectivity index (χ0) is 10.7. The number of aryl methyl sites for hydroxylation is 1. The zero-order valence-electron chi connectivity index (χ0n) is 9.40. The van der Waals surface area contributed by atoms with E-state index in [9.17, 15) is 0 Å². The van der Waals surface area contributed by atoms with Gasteiger partial charge < -0.3 is 17.1 Å². The summed E-state index contributed by atoms with van der Waals surface area (Å²) in [6.07, 6.45) is 4.84. The molecular formula is C12H15ClN2O. The Labute approximate surface area is 101 Å². The highest BCUT2D eigenvalue weighted by Crippen LogP contribution is 2.14. The van der Waals surface area contributed by atoms with Crippen LogP contribution in [0.4, 0.5) is 0 Å². The summed E-state index contributed by atoms with van der Waals surface area (Å²) >= 11 is 0. The van der Waals surface area contributed by atoms with Crippen molar-refractivity contribution >= 4 is 0 Å². The molecule has 0 bridgehead atoms. The second kappa shape index (κ2) is 5.56. The van der Waals surface area contributed by atoms with Gasteiger partial charge in [0.2, 0.25) is 0 Å². The lowest BCUT2D eigenvalue weighted by atomic mass is 10.1. The number of ether oxygens (including phenoxy) is 1. The average molecular weight is 239 g/mol. The van der Waals surface area contributed by atoms with Gasteiger partial charge in [-0.15, -0.1) is 0 Å². The molecule has 1 aromatic heterocycles. The van der Waals surface area contributed by atoms with Gasteiger partial charge in [-0.2, -0.15) is 0 Å². The second-order valence-electron chi connectivity index (χ2n) is 3.55. The van der Waals surface area contributed by atoms with E-state index >= 15 is 0 Å². The fourth-order valence-electron chi connectivity index (χ4n) is 1.59. The minimum Gasteiger partial charge on any atom is -1.00 e. The molecule has 0 aliphatic rings. The highest BCUT2D eigenvalue weighted by Gasteiger charge is 2.07. The Balaban J connectivity index is 0.00000128. The molecule has 2 rings (SSSR count). The molecule has 0 aliphatic carbocycles. The first-order chi connectivity index (χ1) is 7.29. The van der Waals surface area contributed by atoms with Gasteiger partial charge >= 0.3 is 0 Å². The lowest BCUT2D eigenvalue weighted by Crippen LogP contribution is -3.00. The number of hydrogen-bond acceptors (Lipinski definition) is 1. The number of hydrogen-bond donors (Lipinski definition) is 1. The molecule has 1 heterocycles. The number of imidazole rings is 1. The van der Waals surface area contributed by atoms with E-state index in [-0.39, 0.29) is 12.4 Å². The number of benzene rings is 1. The van der Waals surface area contributed by atoms with E-state index in [0.29, 0.717) is 0 Å².